The largest absolute Gasteiger partial charge is 0.481 e. The number of carboxylic acid groups (broad SMARTS) is 1. The van der Waals surface area contributed by atoms with E-state index < -0.39 is 11.9 Å². The second-order valence-corrected chi connectivity index (χ2v) is 7.05. The van der Waals surface area contributed by atoms with Crippen molar-refractivity contribution in [3.63, 3.8) is 0 Å². The first-order valence-corrected chi connectivity index (χ1v) is 7.32. The van der Waals surface area contributed by atoms with Gasteiger partial charge in [0.15, 0.2) is 0 Å². The van der Waals surface area contributed by atoms with Gasteiger partial charge in [-0.25, -0.2) is 0 Å². The molecule has 1 aliphatic rings. The van der Waals surface area contributed by atoms with Gasteiger partial charge < -0.3 is 10.0 Å². The minimum absolute atomic E-state index is 0.0435. The number of carbonyl (C=O) groups excluding carboxylic acids is 1. The van der Waals surface area contributed by atoms with Crippen LogP contribution in [0.4, 0.5) is 0 Å². The predicted molar refractivity (Wildman–Crippen MR) is 72.6 cm³/mol. The van der Waals surface area contributed by atoms with Crippen LogP contribution in [0.1, 0.15) is 11.3 Å². The number of halogens is 1. The Labute approximate surface area is 118 Å². The number of rotatable bonds is 5. The number of carbonyl (C=O) groups is 2. The fraction of sp³-hybridized carbons (Fsp3) is 0.500. The van der Waals surface area contributed by atoms with Crippen LogP contribution in [0.3, 0.4) is 0 Å². The molecule has 4 nitrogen and oxygen atoms in total. The number of thiophene rings is 1. The molecule has 2 rings (SSSR count). The van der Waals surface area contributed by atoms with Crippen molar-refractivity contribution in [1.29, 1.82) is 0 Å². The summed E-state index contributed by atoms with van der Waals surface area (Å²) >= 11 is 5.05. The molecule has 0 spiro atoms. The standard InChI is InChI=1S/C12H14BrNO3S/c1-14(5-4-7-2-3-10(13)18-7)11(15)8-6-9(8)12(16)17/h2-3,8-9H,4-6H2,1H3,(H,16,17). The summed E-state index contributed by atoms with van der Waals surface area (Å²) in [5, 5.41) is 8.79. The van der Waals surface area contributed by atoms with Gasteiger partial charge in [-0.15, -0.1) is 11.3 Å². The Hall–Kier alpha value is -0.880. The van der Waals surface area contributed by atoms with Crippen molar-refractivity contribution < 1.29 is 14.7 Å². The van der Waals surface area contributed by atoms with Gasteiger partial charge in [0, 0.05) is 18.5 Å². The summed E-state index contributed by atoms with van der Waals surface area (Å²) in [6, 6.07) is 4.02. The summed E-state index contributed by atoms with van der Waals surface area (Å²) in [6.07, 6.45) is 1.30. The third-order valence-corrected chi connectivity index (χ3v) is 4.81. The molecule has 98 valence electrons. The van der Waals surface area contributed by atoms with Gasteiger partial charge in [0.25, 0.3) is 0 Å². The Balaban J connectivity index is 1.80. The zero-order valence-electron chi connectivity index (χ0n) is 9.93. The summed E-state index contributed by atoms with van der Waals surface area (Å²) in [4.78, 5) is 25.5. The molecule has 0 aromatic carbocycles. The highest BCUT2D eigenvalue weighted by Crippen LogP contribution is 2.39. The van der Waals surface area contributed by atoms with Crippen molar-refractivity contribution in [2.75, 3.05) is 13.6 Å². The van der Waals surface area contributed by atoms with Gasteiger partial charge in [-0.3, -0.25) is 9.59 Å². The molecule has 6 heteroatoms. The second kappa shape index (κ2) is 5.40. The van der Waals surface area contributed by atoms with Crippen LogP contribution in [-0.2, 0) is 16.0 Å². The maximum atomic E-state index is 11.9. The van der Waals surface area contributed by atoms with Gasteiger partial charge in [0.05, 0.1) is 15.6 Å². The van der Waals surface area contributed by atoms with Gasteiger partial charge in [-0.1, -0.05) is 0 Å². The topological polar surface area (TPSA) is 57.6 Å². The molecule has 1 saturated carbocycles. The van der Waals surface area contributed by atoms with Crippen molar-refractivity contribution in [3.8, 4) is 0 Å². The summed E-state index contributed by atoms with van der Waals surface area (Å²) in [7, 11) is 1.74. The minimum atomic E-state index is -0.857. The first-order valence-electron chi connectivity index (χ1n) is 5.71. The lowest BCUT2D eigenvalue weighted by atomic mass is 10.2. The maximum Gasteiger partial charge on any atom is 0.307 e. The molecular weight excluding hydrogens is 318 g/mol. The van der Waals surface area contributed by atoms with E-state index in [0.717, 1.165) is 10.2 Å². The van der Waals surface area contributed by atoms with Gasteiger partial charge in [-0.2, -0.15) is 0 Å². The fourth-order valence-corrected chi connectivity index (χ4v) is 3.37. The molecule has 1 amide bonds. The summed E-state index contributed by atoms with van der Waals surface area (Å²) in [6.45, 7) is 0.634. The number of hydrogen-bond donors (Lipinski definition) is 1. The average molecular weight is 332 g/mol. The number of amides is 1. The number of nitrogens with zero attached hydrogens (tertiary/aromatic N) is 1. The monoisotopic (exact) mass is 331 g/mol. The minimum Gasteiger partial charge on any atom is -0.481 e. The van der Waals surface area contributed by atoms with Crippen LogP contribution in [-0.4, -0.2) is 35.5 Å². The lowest BCUT2D eigenvalue weighted by Gasteiger charge is -2.16. The highest BCUT2D eigenvalue weighted by atomic mass is 79.9. The molecule has 18 heavy (non-hydrogen) atoms. The number of hydrogen-bond acceptors (Lipinski definition) is 3. The molecule has 0 radical (unpaired) electrons. The normalized spacial score (nSPS) is 21.7. The highest BCUT2D eigenvalue weighted by Gasteiger charge is 2.49. The van der Waals surface area contributed by atoms with E-state index in [-0.39, 0.29) is 11.8 Å². The van der Waals surface area contributed by atoms with E-state index in [9.17, 15) is 9.59 Å². The first-order chi connectivity index (χ1) is 8.49. The third kappa shape index (κ3) is 3.11. The smallest absolute Gasteiger partial charge is 0.307 e. The number of aliphatic carboxylic acids is 1. The van der Waals surface area contributed by atoms with E-state index in [1.807, 2.05) is 12.1 Å². The molecule has 1 N–H and O–H groups in total. The zero-order chi connectivity index (χ0) is 13.3. The Morgan fingerprint density at radius 3 is 2.72 bits per heavy atom. The summed E-state index contributed by atoms with van der Waals surface area (Å²) in [5.41, 5.74) is 0. The molecular formula is C12H14BrNO3S. The Bertz CT molecular complexity index is 474. The Morgan fingerprint density at radius 2 is 2.22 bits per heavy atom. The van der Waals surface area contributed by atoms with Crippen LogP contribution in [0.2, 0.25) is 0 Å². The number of likely N-dealkylation sites (N-methyl/N-ethyl adjacent to an activating group) is 1. The summed E-state index contributed by atoms with van der Waals surface area (Å²) in [5.74, 6) is -1.67. The van der Waals surface area contributed by atoms with Crippen molar-refractivity contribution in [1.82, 2.24) is 4.90 Å². The highest BCUT2D eigenvalue weighted by molar-refractivity contribution is 9.11. The van der Waals surface area contributed by atoms with Crippen molar-refractivity contribution in [2.45, 2.75) is 12.8 Å². The molecule has 2 atom stereocenters. The molecule has 0 saturated heterocycles. The zero-order valence-corrected chi connectivity index (χ0v) is 12.3. The quantitative estimate of drug-likeness (QED) is 0.900. The van der Waals surface area contributed by atoms with E-state index in [1.165, 1.54) is 4.88 Å². The van der Waals surface area contributed by atoms with Crippen molar-refractivity contribution in [3.05, 3.63) is 20.8 Å². The van der Waals surface area contributed by atoms with Crippen molar-refractivity contribution >= 4 is 39.1 Å². The molecule has 0 bridgehead atoms. The SMILES string of the molecule is CN(CCc1ccc(Br)s1)C(=O)C1CC1C(=O)O. The van der Waals surface area contributed by atoms with Gasteiger partial charge in [0.2, 0.25) is 5.91 Å². The molecule has 1 aromatic heterocycles. The lowest BCUT2D eigenvalue weighted by molar-refractivity contribution is -0.141. The fourth-order valence-electron chi connectivity index (χ4n) is 1.90. The molecule has 0 aliphatic heterocycles. The van der Waals surface area contributed by atoms with Crippen LogP contribution in [0.15, 0.2) is 15.9 Å². The maximum absolute atomic E-state index is 11.9. The Kier molecular flexibility index (Phi) is 4.07. The van der Waals surface area contributed by atoms with Crippen LogP contribution < -0.4 is 0 Å². The Morgan fingerprint density at radius 1 is 1.50 bits per heavy atom. The number of carboxylic acids is 1. The second-order valence-electron chi connectivity index (χ2n) is 4.50. The van der Waals surface area contributed by atoms with Crippen LogP contribution in [0.5, 0.6) is 0 Å². The summed E-state index contributed by atoms with van der Waals surface area (Å²) < 4.78 is 1.08. The molecule has 1 aliphatic carbocycles. The van der Waals surface area contributed by atoms with Gasteiger partial charge in [-0.05, 0) is 40.9 Å². The van der Waals surface area contributed by atoms with Crippen LogP contribution in [0, 0.1) is 11.8 Å². The van der Waals surface area contributed by atoms with Gasteiger partial charge >= 0.3 is 5.97 Å². The van der Waals surface area contributed by atoms with Crippen LogP contribution >= 0.6 is 27.3 Å². The third-order valence-electron chi connectivity index (χ3n) is 3.12. The first kappa shape index (κ1) is 13.5. The van der Waals surface area contributed by atoms with E-state index in [2.05, 4.69) is 15.9 Å². The molecule has 1 heterocycles. The molecule has 1 fully saturated rings. The predicted octanol–water partition coefficient (Wildman–Crippen LogP) is 2.23. The average Bonchev–Trinajstić information content (AvgIpc) is 3.03. The lowest BCUT2D eigenvalue weighted by Crippen LogP contribution is -2.31. The molecule has 1 aromatic rings. The van der Waals surface area contributed by atoms with Crippen molar-refractivity contribution in [2.24, 2.45) is 11.8 Å². The molecule has 2 unspecified atom stereocenters. The van der Waals surface area contributed by atoms with Gasteiger partial charge in [0.1, 0.15) is 0 Å². The van der Waals surface area contributed by atoms with E-state index in [0.29, 0.717) is 13.0 Å². The van der Waals surface area contributed by atoms with E-state index >= 15 is 0 Å². The van der Waals surface area contributed by atoms with E-state index in [1.54, 1.807) is 23.3 Å². The van der Waals surface area contributed by atoms with E-state index in [4.69, 9.17) is 5.11 Å². The van der Waals surface area contributed by atoms with Crippen LogP contribution in [0.25, 0.3) is 0 Å².